The molecule has 0 bridgehead atoms. The lowest BCUT2D eigenvalue weighted by Crippen LogP contribution is -2.51. The number of amides is 1. The van der Waals surface area contributed by atoms with Crippen molar-refractivity contribution in [2.24, 2.45) is 0 Å². The third kappa shape index (κ3) is 3.46. The molecule has 0 spiro atoms. The van der Waals surface area contributed by atoms with Crippen molar-refractivity contribution in [1.29, 1.82) is 0 Å². The first kappa shape index (κ1) is 15.0. The highest BCUT2D eigenvalue weighted by Crippen LogP contribution is 2.23. The zero-order valence-corrected chi connectivity index (χ0v) is 12.5. The van der Waals surface area contributed by atoms with Gasteiger partial charge in [0.15, 0.2) is 0 Å². The number of hydrogen-bond acceptors (Lipinski definition) is 3. The molecule has 1 aromatic carbocycles. The summed E-state index contributed by atoms with van der Waals surface area (Å²) in [5.41, 5.74) is -0.220. The van der Waals surface area contributed by atoms with Gasteiger partial charge in [-0.2, -0.15) is 0 Å². The molecule has 0 aliphatic rings. The third-order valence-corrected chi connectivity index (χ3v) is 3.59. The van der Waals surface area contributed by atoms with E-state index in [9.17, 15) is 9.90 Å². The third-order valence-electron chi connectivity index (χ3n) is 2.90. The van der Waals surface area contributed by atoms with Gasteiger partial charge in [-0.15, -0.1) is 0 Å². The van der Waals surface area contributed by atoms with Gasteiger partial charge in [-0.1, -0.05) is 0 Å². The molecule has 1 unspecified atom stereocenters. The average Bonchev–Trinajstić information content (AvgIpc) is 2.28. The molecule has 18 heavy (non-hydrogen) atoms. The van der Waals surface area contributed by atoms with Crippen LogP contribution in [0.2, 0.25) is 0 Å². The van der Waals surface area contributed by atoms with Gasteiger partial charge in [0.05, 0.1) is 24.3 Å². The molecular formula is C13H18BrNO3. The van der Waals surface area contributed by atoms with E-state index >= 15 is 0 Å². The van der Waals surface area contributed by atoms with Crippen LogP contribution in [0.5, 0.6) is 5.75 Å². The molecule has 0 saturated carbocycles. The minimum atomic E-state index is -0.695. The number of rotatable bonds is 4. The summed E-state index contributed by atoms with van der Waals surface area (Å²) >= 11 is 3.33. The fourth-order valence-electron chi connectivity index (χ4n) is 1.27. The molecular weight excluding hydrogens is 298 g/mol. The monoisotopic (exact) mass is 315 g/mol. The molecule has 1 rings (SSSR count). The molecule has 1 aromatic rings. The van der Waals surface area contributed by atoms with E-state index in [4.69, 9.17) is 4.74 Å². The quantitative estimate of drug-likeness (QED) is 0.896. The van der Waals surface area contributed by atoms with Crippen molar-refractivity contribution in [3.8, 4) is 5.75 Å². The van der Waals surface area contributed by atoms with Crippen LogP contribution in [0.15, 0.2) is 22.7 Å². The van der Waals surface area contributed by atoms with Crippen LogP contribution in [-0.2, 0) is 0 Å². The van der Waals surface area contributed by atoms with Gasteiger partial charge < -0.3 is 15.2 Å². The number of aliphatic hydroxyl groups excluding tert-OH is 1. The highest BCUT2D eigenvalue weighted by molar-refractivity contribution is 9.10. The predicted octanol–water partition coefficient (Wildman–Crippen LogP) is 2.35. The van der Waals surface area contributed by atoms with Crippen LogP contribution in [0.25, 0.3) is 0 Å². The number of ether oxygens (including phenoxy) is 1. The molecule has 1 amide bonds. The van der Waals surface area contributed by atoms with E-state index in [0.717, 1.165) is 0 Å². The Morgan fingerprint density at radius 3 is 2.61 bits per heavy atom. The van der Waals surface area contributed by atoms with E-state index in [1.54, 1.807) is 46.1 Å². The average molecular weight is 316 g/mol. The largest absolute Gasteiger partial charge is 0.497 e. The summed E-state index contributed by atoms with van der Waals surface area (Å²) in [6.45, 7) is 5.17. The molecule has 2 N–H and O–H groups in total. The van der Waals surface area contributed by atoms with Gasteiger partial charge in [-0.25, -0.2) is 0 Å². The second kappa shape index (κ2) is 5.71. The van der Waals surface area contributed by atoms with Crippen molar-refractivity contribution in [2.75, 3.05) is 7.11 Å². The molecule has 0 heterocycles. The zero-order valence-electron chi connectivity index (χ0n) is 11.0. The number of methoxy groups -OCH3 is 1. The number of carbonyl (C=O) groups is 1. The molecule has 0 aromatic heterocycles. The molecule has 5 heteroatoms. The van der Waals surface area contributed by atoms with E-state index in [2.05, 4.69) is 21.2 Å². The fourth-order valence-corrected chi connectivity index (χ4v) is 1.70. The Hall–Kier alpha value is -1.07. The number of carbonyl (C=O) groups excluding carboxylic acids is 1. The summed E-state index contributed by atoms with van der Waals surface area (Å²) in [6.07, 6.45) is -0.647. The molecule has 100 valence electrons. The van der Waals surface area contributed by atoms with Crippen LogP contribution in [0.1, 0.15) is 31.1 Å². The molecule has 4 nitrogen and oxygen atoms in total. The van der Waals surface area contributed by atoms with Gasteiger partial charge in [0, 0.05) is 4.47 Å². The lowest BCUT2D eigenvalue weighted by molar-refractivity contribution is 0.0708. The van der Waals surface area contributed by atoms with Crippen molar-refractivity contribution >= 4 is 21.8 Å². The molecule has 0 saturated heterocycles. The minimum absolute atomic E-state index is 0.258. The fraction of sp³-hybridized carbons (Fsp3) is 0.462. The summed E-state index contributed by atoms with van der Waals surface area (Å²) in [5, 5.41) is 12.4. The second-order valence-corrected chi connectivity index (χ2v) is 5.55. The Kier molecular flexibility index (Phi) is 4.76. The van der Waals surface area contributed by atoms with Gasteiger partial charge in [0.2, 0.25) is 0 Å². The predicted molar refractivity (Wildman–Crippen MR) is 73.9 cm³/mol. The first-order chi connectivity index (χ1) is 8.27. The number of halogens is 1. The Balaban J connectivity index is 2.97. The molecule has 1 atom stereocenters. The van der Waals surface area contributed by atoms with Crippen LogP contribution in [0, 0.1) is 0 Å². The summed E-state index contributed by atoms with van der Waals surface area (Å²) in [7, 11) is 1.55. The van der Waals surface area contributed by atoms with Crippen molar-refractivity contribution in [2.45, 2.75) is 32.4 Å². The van der Waals surface area contributed by atoms with E-state index in [1.807, 2.05) is 0 Å². The Morgan fingerprint density at radius 1 is 1.50 bits per heavy atom. The van der Waals surface area contributed by atoms with Gasteiger partial charge in [-0.05, 0) is 54.9 Å². The molecule has 0 aliphatic carbocycles. The normalized spacial score (nSPS) is 13.0. The summed E-state index contributed by atoms with van der Waals surface area (Å²) < 4.78 is 5.77. The molecule has 0 radical (unpaired) electrons. The first-order valence-electron chi connectivity index (χ1n) is 5.62. The van der Waals surface area contributed by atoms with Crippen molar-refractivity contribution < 1.29 is 14.6 Å². The standard InChI is InChI=1S/C13H18BrNO3/c1-8(16)13(2,3)15-12(17)10-7-9(18-4)5-6-11(10)14/h5-8,16H,1-4H3,(H,15,17). The number of benzene rings is 1. The van der Waals surface area contributed by atoms with Gasteiger partial charge in [0.1, 0.15) is 5.75 Å². The van der Waals surface area contributed by atoms with Gasteiger partial charge in [-0.3, -0.25) is 4.79 Å². The van der Waals surface area contributed by atoms with Gasteiger partial charge in [0.25, 0.3) is 5.91 Å². The molecule has 0 aliphatic heterocycles. The first-order valence-corrected chi connectivity index (χ1v) is 6.41. The van der Waals surface area contributed by atoms with E-state index in [1.165, 1.54) is 0 Å². The highest BCUT2D eigenvalue weighted by atomic mass is 79.9. The Labute approximate surface area is 115 Å². The van der Waals surface area contributed by atoms with Crippen LogP contribution < -0.4 is 10.1 Å². The van der Waals surface area contributed by atoms with E-state index < -0.39 is 11.6 Å². The SMILES string of the molecule is COc1ccc(Br)c(C(=O)NC(C)(C)C(C)O)c1. The maximum absolute atomic E-state index is 12.1. The van der Waals surface area contributed by atoms with E-state index in [-0.39, 0.29) is 5.91 Å². The Bertz CT molecular complexity index is 444. The van der Waals surface area contributed by atoms with Crippen LogP contribution in [0.4, 0.5) is 0 Å². The van der Waals surface area contributed by atoms with Crippen LogP contribution in [-0.4, -0.2) is 29.8 Å². The number of aliphatic hydroxyl groups is 1. The second-order valence-electron chi connectivity index (χ2n) is 4.70. The lowest BCUT2D eigenvalue weighted by atomic mass is 9.98. The minimum Gasteiger partial charge on any atom is -0.497 e. The number of nitrogens with one attached hydrogen (secondary N) is 1. The van der Waals surface area contributed by atoms with Gasteiger partial charge >= 0.3 is 0 Å². The maximum atomic E-state index is 12.1. The summed E-state index contributed by atoms with van der Waals surface area (Å²) in [4.78, 5) is 12.1. The summed E-state index contributed by atoms with van der Waals surface area (Å²) in [5.74, 6) is 0.352. The van der Waals surface area contributed by atoms with Crippen molar-refractivity contribution in [1.82, 2.24) is 5.32 Å². The lowest BCUT2D eigenvalue weighted by Gasteiger charge is -2.29. The Morgan fingerprint density at radius 2 is 2.11 bits per heavy atom. The number of hydrogen-bond donors (Lipinski definition) is 2. The van der Waals surface area contributed by atoms with Crippen molar-refractivity contribution in [3.05, 3.63) is 28.2 Å². The highest BCUT2D eigenvalue weighted by Gasteiger charge is 2.27. The molecule has 0 fully saturated rings. The van der Waals surface area contributed by atoms with Crippen LogP contribution >= 0.6 is 15.9 Å². The van der Waals surface area contributed by atoms with Crippen LogP contribution in [0.3, 0.4) is 0 Å². The van der Waals surface area contributed by atoms with Crippen molar-refractivity contribution in [3.63, 3.8) is 0 Å². The summed E-state index contributed by atoms with van der Waals surface area (Å²) in [6, 6.07) is 5.17. The smallest absolute Gasteiger partial charge is 0.253 e. The zero-order chi connectivity index (χ0) is 13.9. The topological polar surface area (TPSA) is 58.6 Å². The van der Waals surface area contributed by atoms with E-state index in [0.29, 0.717) is 15.8 Å². The maximum Gasteiger partial charge on any atom is 0.253 e.